The van der Waals surface area contributed by atoms with Crippen molar-refractivity contribution in [1.82, 2.24) is 19.7 Å². The number of hydrogen-bond acceptors (Lipinski definition) is 4. The fourth-order valence-electron chi connectivity index (χ4n) is 2.13. The van der Waals surface area contributed by atoms with Crippen LogP contribution in [0.15, 0.2) is 30.7 Å². The maximum atomic E-state index is 12.2. The highest BCUT2D eigenvalue weighted by atomic mass is 32.1. The molecule has 0 aliphatic rings. The lowest BCUT2D eigenvalue weighted by molar-refractivity contribution is 0.102. The summed E-state index contributed by atoms with van der Waals surface area (Å²) < 4.78 is 2.26. The summed E-state index contributed by atoms with van der Waals surface area (Å²) in [6.07, 6.45) is 5.18. The van der Waals surface area contributed by atoms with Gasteiger partial charge in [-0.25, -0.2) is 0 Å². The summed E-state index contributed by atoms with van der Waals surface area (Å²) in [5, 5.41) is 7.08. The van der Waals surface area contributed by atoms with Crippen LogP contribution in [0, 0.1) is 4.64 Å². The predicted octanol–water partition coefficient (Wildman–Crippen LogP) is 2.53. The molecule has 0 unspecified atom stereocenters. The Morgan fingerprint density at radius 1 is 1.45 bits per heavy atom. The minimum atomic E-state index is -0.231. The van der Waals surface area contributed by atoms with Crippen molar-refractivity contribution < 1.29 is 4.79 Å². The van der Waals surface area contributed by atoms with E-state index in [1.165, 1.54) is 0 Å². The molecule has 0 saturated carbocycles. The van der Waals surface area contributed by atoms with Crippen molar-refractivity contribution in [3.05, 3.63) is 40.9 Å². The van der Waals surface area contributed by atoms with E-state index in [4.69, 9.17) is 12.2 Å². The number of H-pyrrole nitrogens is 1. The molecule has 2 rings (SSSR count). The Morgan fingerprint density at radius 3 is 2.91 bits per heavy atom. The molecule has 0 aliphatic carbocycles. The third kappa shape index (κ3) is 4.25. The van der Waals surface area contributed by atoms with Crippen molar-refractivity contribution in [3.8, 4) is 0 Å². The van der Waals surface area contributed by atoms with E-state index in [-0.39, 0.29) is 5.91 Å². The first-order chi connectivity index (χ1) is 10.6. The normalized spacial score (nSPS) is 10.9. The van der Waals surface area contributed by atoms with Gasteiger partial charge in [-0.3, -0.25) is 9.48 Å². The molecular weight excluding hydrogens is 298 g/mol. The molecule has 2 N–H and O–H groups in total. The second-order valence-corrected chi connectivity index (χ2v) is 5.29. The van der Waals surface area contributed by atoms with Gasteiger partial charge in [-0.1, -0.05) is 26.1 Å². The highest BCUT2D eigenvalue weighted by Gasteiger charge is 2.09. The Morgan fingerprint density at radius 2 is 2.23 bits per heavy atom. The molecule has 0 fully saturated rings. The van der Waals surface area contributed by atoms with Crippen LogP contribution in [0.25, 0.3) is 0 Å². The van der Waals surface area contributed by atoms with Gasteiger partial charge >= 0.3 is 0 Å². The van der Waals surface area contributed by atoms with Gasteiger partial charge in [0.1, 0.15) is 4.64 Å². The van der Waals surface area contributed by atoms with Crippen LogP contribution in [-0.4, -0.2) is 45.2 Å². The van der Waals surface area contributed by atoms with Crippen LogP contribution in [0.5, 0.6) is 0 Å². The van der Waals surface area contributed by atoms with Gasteiger partial charge in [-0.2, -0.15) is 5.10 Å². The number of likely N-dealkylation sites (N-methyl/N-ethyl adjacent to an activating group) is 1. The van der Waals surface area contributed by atoms with Gasteiger partial charge in [-0.15, -0.1) is 0 Å². The van der Waals surface area contributed by atoms with E-state index < -0.39 is 0 Å². The van der Waals surface area contributed by atoms with E-state index in [0.29, 0.717) is 15.9 Å². The number of amides is 1. The monoisotopic (exact) mass is 319 g/mol. The third-order valence-corrected chi connectivity index (χ3v) is 3.83. The molecule has 0 aromatic carbocycles. The summed E-state index contributed by atoms with van der Waals surface area (Å²) >= 11 is 5.10. The van der Waals surface area contributed by atoms with Gasteiger partial charge in [0, 0.05) is 18.9 Å². The molecule has 6 nitrogen and oxygen atoms in total. The molecule has 2 aromatic heterocycles. The maximum absolute atomic E-state index is 12.2. The Bertz CT molecular complexity index is 674. The molecule has 0 saturated heterocycles. The molecule has 0 aliphatic heterocycles. The third-order valence-electron chi connectivity index (χ3n) is 3.49. The minimum Gasteiger partial charge on any atom is -0.352 e. The number of carbonyl (C=O) groups is 1. The molecule has 22 heavy (non-hydrogen) atoms. The Hall–Kier alpha value is -1.99. The zero-order valence-electron chi connectivity index (χ0n) is 12.9. The lowest BCUT2D eigenvalue weighted by Crippen LogP contribution is -2.27. The molecular formula is C15H21N5OS. The predicted molar refractivity (Wildman–Crippen MR) is 89.6 cm³/mol. The number of hydrogen-bond donors (Lipinski definition) is 2. The van der Waals surface area contributed by atoms with Crippen LogP contribution in [0.1, 0.15) is 24.2 Å². The lowest BCUT2D eigenvalue weighted by Gasteiger charge is -2.17. The average Bonchev–Trinajstić information content (AvgIpc) is 2.96. The standard InChI is InChI=1S/C15H21N5OS/c1-3-19(4-2)8-9-20-11-12(10-17-20)18-14(21)13-6-5-7-16-15(13)22/h5-7,10-11H,3-4,8-9H2,1-2H3,(H,16,22)(H,18,21). The second-order valence-electron chi connectivity index (χ2n) is 4.89. The largest absolute Gasteiger partial charge is 0.352 e. The van der Waals surface area contributed by atoms with Crippen molar-refractivity contribution in [2.24, 2.45) is 0 Å². The molecule has 0 spiro atoms. The topological polar surface area (TPSA) is 65.9 Å². The van der Waals surface area contributed by atoms with E-state index in [9.17, 15) is 4.79 Å². The number of aromatic nitrogens is 3. The summed E-state index contributed by atoms with van der Waals surface area (Å²) in [7, 11) is 0. The highest BCUT2D eigenvalue weighted by molar-refractivity contribution is 7.71. The van der Waals surface area contributed by atoms with Gasteiger partial charge in [0.05, 0.1) is 24.0 Å². The lowest BCUT2D eigenvalue weighted by atomic mass is 10.2. The zero-order valence-corrected chi connectivity index (χ0v) is 13.7. The van der Waals surface area contributed by atoms with Crippen LogP contribution in [0.2, 0.25) is 0 Å². The first-order valence-corrected chi connectivity index (χ1v) is 7.78. The number of pyridine rings is 1. The SMILES string of the molecule is CCN(CC)CCn1cc(NC(=O)c2ccc[nH]c2=S)cn1. The van der Waals surface area contributed by atoms with Crippen LogP contribution < -0.4 is 5.32 Å². The Balaban J connectivity index is 1.96. The van der Waals surface area contributed by atoms with E-state index in [2.05, 4.69) is 34.1 Å². The van der Waals surface area contributed by atoms with Crippen LogP contribution in [-0.2, 0) is 6.54 Å². The quantitative estimate of drug-likeness (QED) is 0.770. The first-order valence-electron chi connectivity index (χ1n) is 7.38. The van der Waals surface area contributed by atoms with Gasteiger partial charge in [0.15, 0.2) is 0 Å². The smallest absolute Gasteiger partial charge is 0.258 e. The molecule has 7 heteroatoms. The van der Waals surface area contributed by atoms with E-state index in [1.807, 2.05) is 10.9 Å². The van der Waals surface area contributed by atoms with Crippen LogP contribution >= 0.6 is 12.2 Å². The van der Waals surface area contributed by atoms with Gasteiger partial charge in [-0.05, 0) is 25.2 Å². The fraction of sp³-hybridized carbons (Fsp3) is 0.400. The zero-order chi connectivity index (χ0) is 15.9. The first kappa shape index (κ1) is 16.4. The van der Waals surface area contributed by atoms with E-state index in [1.54, 1.807) is 24.5 Å². The van der Waals surface area contributed by atoms with E-state index >= 15 is 0 Å². The molecule has 0 radical (unpaired) electrons. The Labute approximate surface area is 135 Å². The summed E-state index contributed by atoms with van der Waals surface area (Å²) in [4.78, 5) is 17.3. The number of rotatable bonds is 7. The number of aromatic amines is 1. The fourth-order valence-corrected chi connectivity index (χ4v) is 2.36. The van der Waals surface area contributed by atoms with E-state index in [0.717, 1.165) is 26.2 Å². The van der Waals surface area contributed by atoms with Crippen LogP contribution in [0.4, 0.5) is 5.69 Å². The van der Waals surface area contributed by atoms with Gasteiger partial charge in [0.2, 0.25) is 0 Å². The summed E-state index contributed by atoms with van der Waals surface area (Å²) in [5.41, 5.74) is 1.12. The number of nitrogens with zero attached hydrogens (tertiary/aromatic N) is 3. The van der Waals surface area contributed by atoms with Gasteiger partial charge in [0.25, 0.3) is 5.91 Å². The molecule has 2 heterocycles. The van der Waals surface area contributed by atoms with Crippen molar-refractivity contribution in [3.63, 3.8) is 0 Å². The summed E-state index contributed by atoms with van der Waals surface area (Å²) in [5.74, 6) is -0.231. The number of carbonyl (C=O) groups excluding carboxylic acids is 1. The molecule has 0 atom stereocenters. The highest BCUT2D eigenvalue weighted by Crippen LogP contribution is 2.09. The van der Waals surface area contributed by atoms with Gasteiger partial charge < -0.3 is 15.2 Å². The average molecular weight is 319 g/mol. The molecule has 1 amide bonds. The number of anilines is 1. The Kier molecular flexibility index (Phi) is 5.85. The minimum absolute atomic E-state index is 0.231. The van der Waals surface area contributed by atoms with Crippen LogP contribution in [0.3, 0.4) is 0 Å². The maximum Gasteiger partial charge on any atom is 0.258 e. The molecule has 0 bridgehead atoms. The number of nitrogens with one attached hydrogen (secondary N) is 2. The van der Waals surface area contributed by atoms with Crippen molar-refractivity contribution in [1.29, 1.82) is 0 Å². The van der Waals surface area contributed by atoms with Crippen molar-refractivity contribution in [2.75, 3.05) is 25.0 Å². The molecule has 2 aromatic rings. The summed E-state index contributed by atoms with van der Waals surface area (Å²) in [6, 6.07) is 3.44. The van der Waals surface area contributed by atoms with Crippen molar-refractivity contribution in [2.45, 2.75) is 20.4 Å². The second kappa shape index (κ2) is 7.86. The summed E-state index contributed by atoms with van der Waals surface area (Å²) in [6.45, 7) is 8.05. The van der Waals surface area contributed by atoms with Crippen molar-refractivity contribution >= 4 is 23.8 Å². The molecule has 118 valence electrons.